The lowest BCUT2D eigenvalue weighted by atomic mass is 9.97. The number of rotatable bonds is 4. The van der Waals surface area contributed by atoms with Crippen LogP contribution < -0.4 is 21.7 Å². The van der Waals surface area contributed by atoms with E-state index in [1.165, 1.54) is 18.2 Å². The highest BCUT2D eigenvalue weighted by molar-refractivity contribution is 5.51. The van der Waals surface area contributed by atoms with Gasteiger partial charge in [-0.3, -0.25) is 5.84 Å². The molecule has 2 aromatic rings. The minimum Gasteiger partial charge on any atom is -0.497 e. The van der Waals surface area contributed by atoms with E-state index in [1.54, 1.807) is 7.11 Å². The molecule has 4 nitrogen and oxygen atoms in total. The molecule has 0 bridgehead atoms. The van der Waals surface area contributed by atoms with E-state index in [1.807, 2.05) is 24.3 Å². The van der Waals surface area contributed by atoms with E-state index in [2.05, 4.69) is 5.43 Å². The van der Waals surface area contributed by atoms with Gasteiger partial charge in [-0.1, -0.05) is 12.1 Å². The van der Waals surface area contributed by atoms with E-state index in [-0.39, 0.29) is 11.9 Å². The van der Waals surface area contributed by atoms with Crippen LogP contribution in [0.1, 0.15) is 17.2 Å². The normalized spacial score (nSPS) is 12.2. The minimum atomic E-state index is -0.374. The molecule has 0 spiro atoms. The first-order chi connectivity index (χ1) is 9.15. The number of anilines is 1. The number of nitrogen functional groups attached to an aromatic ring is 1. The van der Waals surface area contributed by atoms with Crippen LogP contribution in [0.4, 0.5) is 10.1 Å². The third-order valence-corrected chi connectivity index (χ3v) is 2.98. The topological polar surface area (TPSA) is 73.3 Å². The summed E-state index contributed by atoms with van der Waals surface area (Å²) in [4.78, 5) is 0. The Morgan fingerprint density at radius 2 is 1.84 bits per heavy atom. The average Bonchev–Trinajstić information content (AvgIpc) is 2.44. The van der Waals surface area contributed by atoms with E-state index >= 15 is 0 Å². The van der Waals surface area contributed by atoms with Crippen LogP contribution >= 0.6 is 0 Å². The number of hydrogen-bond acceptors (Lipinski definition) is 4. The Hall–Kier alpha value is -2.11. The molecular weight excluding hydrogens is 245 g/mol. The number of nitrogens with one attached hydrogen (secondary N) is 1. The SMILES string of the molecule is COc1ccc(C(NN)c2cc(F)ccc2N)cc1. The summed E-state index contributed by atoms with van der Waals surface area (Å²) < 4.78 is 18.4. The van der Waals surface area contributed by atoms with Crippen LogP contribution in [0.25, 0.3) is 0 Å². The Morgan fingerprint density at radius 1 is 1.16 bits per heavy atom. The second-order valence-electron chi connectivity index (χ2n) is 4.15. The van der Waals surface area contributed by atoms with Crippen LogP contribution in [0.5, 0.6) is 5.75 Å². The average molecular weight is 261 g/mol. The fourth-order valence-corrected chi connectivity index (χ4v) is 1.96. The Balaban J connectivity index is 2.40. The lowest BCUT2D eigenvalue weighted by molar-refractivity contribution is 0.414. The van der Waals surface area contributed by atoms with Crippen LogP contribution in [-0.2, 0) is 0 Å². The minimum absolute atomic E-state index is 0.349. The fraction of sp³-hybridized carbons (Fsp3) is 0.143. The fourth-order valence-electron chi connectivity index (χ4n) is 1.96. The van der Waals surface area contributed by atoms with E-state index < -0.39 is 0 Å². The zero-order valence-corrected chi connectivity index (χ0v) is 10.6. The summed E-state index contributed by atoms with van der Waals surface area (Å²) in [6.45, 7) is 0. The van der Waals surface area contributed by atoms with Gasteiger partial charge in [-0.25, -0.2) is 9.82 Å². The zero-order chi connectivity index (χ0) is 13.8. The van der Waals surface area contributed by atoms with Crippen LogP contribution in [0.15, 0.2) is 42.5 Å². The van der Waals surface area contributed by atoms with Crippen molar-refractivity contribution in [2.75, 3.05) is 12.8 Å². The summed E-state index contributed by atoms with van der Waals surface area (Å²) in [5.41, 5.74) is 10.5. The number of hydrogen-bond donors (Lipinski definition) is 3. The summed E-state index contributed by atoms with van der Waals surface area (Å²) in [6, 6.07) is 11.2. The van der Waals surface area contributed by atoms with E-state index in [9.17, 15) is 4.39 Å². The maximum Gasteiger partial charge on any atom is 0.123 e. The van der Waals surface area contributed by atoms with Gasteiger partial charge in [0.15, 0.2) is 0 Å². The molecule has 1 atom stereocenters. The van der Waals surface area contributed by atoms with Crippen molar-refractivity contribution in [1.29, 1.82) is 0 Å². The van der Waals surface area contributed by atoms with Gasteiger partial charge < -0.3 is 10.5 Å². The summed E-state index contributed by atoms with van der Waals surface area (Å²) in [5.74, 6) is 5.96. The molecule has 0 amide bonds. The third-order valence-electron chi connectivity index (χ3n) is 2.98. The predicted molar refractivity (Wildman–Crippen MR) is 73.0 cm³/mol. The maximum absolute atomic E-state index is 13.3. The quantitative estimate of drug-likeness (QED) is 0.447. The zero-order valence-electron chi connectivity index (χ0n) is 10.6. The number of nitrogens with two attached hydrogens (primary N) is 2. The Kier molecular flexibility index (Phi) is 3.99. The Labute approximate surface area is 111 Å². The predicted octanol–water partition coefficient (Wildman–Crippen LogP) is 1.97. The molecule has 0 aliphatic rings. The molecule has 0 heterocycles. The van der Waals surface area contributed by atoms with Gasteiger partial charge in [0, 0.05) is 11.3 Å². The summed E-state index contributed by atoms with van der Waals surface area (Å²) in [7, 11) is 1.60. The third kappa shape index (κ3) is 2.83. The molecular formula is C14H16FN3O. The highest BCUT2D eigenvalue weighted by Gasteiger charge is 2.16. The van der Waals surface area contributed by atoms with Gasteiger partial charge in [0.05, 0.1) is 13.2 Å². The van der Waals surface area contributed by atoms with Gasteiger partial charge in [-0.15, -0.1) is 0 Å². The Morgan fingerprint density at radius 3 is 2.42 bits per heavy atom. The van der Waals surface area contributed by atoms with Gasteiger partial charge >= 0.3 is 0 Å². The lowest BCUT2D eigenvalue weighted by Crippen LogP contribution is -2.29. The highest BCUT2D eigenvalue weighted by atomic mass is 19.1. The first kappa shape index (κ1) is 13.3. The smallest absolute Gasteiger partial charge is 0.123 e. The lowest BCUT2D eigenvalue weighted by Gasteiger charge is -2.19. The molecule has 0 saturated heterocycles. The van der Waals surface area contributed by atoms with Gasteiger partial charge in [0.1, 0.15) is 11.6 Å². The van der Waals surface area contributed by atoms with Crippen molar-refractivity contribution in [2.45, 2.75) is 6.04 Å². The maximum atomic E-state index is 13.3. The van der Waals surface area contributed by atoms with Crippen molar-refractivity contribution in [3.8, 4) is 5.75 Å². The summed E-state index contributed by atoms with van der Waals surface area (Å²) in [5, 5.41) is 0. The number of halogens is 1. The van der Waals surface area contributed by atoms with Gasteiger partial charge in [0.25, 0.3) is 0 Å². The molecule has 1 unspecified atom stereocenters. The Bertz CT molecular complexity index is 557. The number of ether oxygens (including phenoxy) is 1. The number of methoxy groups -OCH3 is 1. The van der Waals surface area contributed by atoms with Gasteiger partial charge in [0.2, 0.25) is 0 Å². The second-order valence-corrected chi connectivity index (χ2v) is 4.15. The number of hydrazine groups is 1. The molecule has 0 aliphatic carbocycles. The van der Waals surface area contributed by atoms with Crippen LogP contribution in [0, 0.1) is 5.82 Å². The van der Waals surface area contributed by atoms with Gasteiger partial charge in [-0.2, -0.15) is 0 Å². The van der Waals surface area contributed by atoms with Crippen LogP contribution in [0.3, 0.4) is 0 Å². The molecule has 19 heavy (non-hydrogen) atoms. The summed E-state index contributed by atoms with van der Waals surface area (Å²) >= 11 is 0. The molecule has 0 aliphatic heterocycles. The van der Waals surface area contributed by atoms with E-state index in [4.69, 9.17) is 16.3 Å². The molecule has 100 valence electrons. The molecule has 5 heteroatoms. The highest BCUT2D eigenvalue weighted by Crippen LogP contribution is 2.28. The molecule has 2 aromatic carbocycles. The molecule has 0 saturated carbocycles. The van der Waals surface area contributed by atoms with Crippen molar-refractivity contribution in [3.05, 3.63) is 59.4 Å². The van der Waals surface area contributed by atoms with Crippen molar-refractivity contribution in [3.63, 3.8) is 0 Å². The van der Waals surface area contributed by atoms with Gasteiger partial charge in [-0.05, 0) is 35.9 Å². The first-order valence-corrected chi connectivity index (χ1v) is 5.80. The number of benzene rings is 2. The van der Waals surface area contributed by atoms with E-state index in [0.29, 0.717) is 11.3 Å². The molecule has 5 N–H and O–H groups in total. The van der Waals surface area contributed by atoms with Crippen LogP contribution in [-0.4, -0.2) is 7.11 Å². The van der Waals surface area contributed by atoms with Crippen molar-refractivity contribution in [2.24, 2.45) is 5.84 Å². The molecule has 0 radical (unpaired) electrons. The largest absolute Gasteiger partial charge is 0.497 e. The van der Waals surface area contributed by atoms with Crippen LogP contribution in [0.2, 0.25) is 0 Å². The molecule has 0 aromatic heterocycles. The monoisotopic (exact) mass is 261 g/mol. The van der Waals surface area contributed by atoms with Crippen molar-refractivity contribution >= 4 is 5.69 Å². The van der Waals surface area contributed by atoms with E-state index in [0.717, 1.165) is 11.3 Å². The molecule has 0 fully saturated rings. The second kappa shape index (κ2) is 5.69. The first-order valence-electron chi connectivity index (χ1n) is 5.80. The van der Waals surface area contributed by atoms with Crippen molar-refractivity contribution < 1.29 is 9.13 Å². The summed E-state index contributed by atoms with van der Waals surface area (Å²) in [6.07, 6.45) is 0. The standard InChI is InChI=1S/C14H16FN3O/c1-19-11-5-2-9(3-6-11)14(18-17)12-8-10(15)4-7-13(12)16/h2-8,14,18H,16-17H2,1H3. The van der Waals surface area contributed by atoms with Crippen molar-refractivity contribution in [1.82, 2.24) is 5.43 Å². The molecule has 2 rings (SSSR count).